The van der Waals surface area contributed by atoms with E-state index in [9.17, 15) is 0 Å². The first-order valence-electron chi connectivity index (χ1n) is 3.14. The molecule has 2 heteroatoms. The Hall–Kier alpha value is 0.960. The number of halogens is 2. The average molecular weight is 258 g/mol. The lowest BCUT2D eigenvalue weighted by molar-refractivity contribution is 0.400. The zero-order valence-corrected chi connectivity index (χ0v) is 9.58. The van der Waals surface area contributed by atoms with E-state index in [0.717, 1.165) is 0 Å². The quantitative estimate of drug-likeness (QED) is 0.630. The first-order valence-corrected chi connectivity index (χ1v) is 4.97. The van der Waals surface area contributed by atoms with Crippen LogP contribution in [0.4, 0.5) is 0 Å². The molecule has 0 aromatic heterocycles. The molecule has 0 aromatic carbocycles. The molecule has 56 valence electrons. The fourth-order valence-electron chi connectivity index (χ4n) is 0.689. The van der Waals surface area contributed by atoms with Crippen LogP contribution in [0.3, 0.4) is 0 Å². The third-order valence-electron chi connectivity index (χ3n) is 1.23. The van der Waals surface area contributed by atoms with Crippen molar-refractivity contribution in [1.29, 1.82) is 0 Å². The number of rotatable bonds is 1. The van der Waals surface area contributed by atoms with E-state index < -0.39 is 0 Å². The summed E-state index contributed by atoms with van der Waals surface area (Å²) in [5.74, 6) is 0. The van der Waals surface area contributed by atoms with Gasteiger partial charge in [0.2, 0.25) is 0 Å². The highest BCUT2D eigenvalue weighted by Crippen LogP contribution is 2.31. The monoisotopic (exact) mass is 256 g/mol. The molecule has 0 bridgehead atoms. The molecule has 0 nitrogen and oxygen atoms in total. The number of hydrogen-bond acceptors (Lipinski definition) is 0. The Morgan fingerprint density at radius 1 is 1.11 bits per heavy atom. The van der Waals surface area contributed by atoms with Crippen LogP contribution < -0.4 is 0 Å². The van der Waals surface area contributed by atoms with Gasteiger partial charge in [0.1, 0.15) is 0 Å². The summed E-state index contributed by atoms with van der Waals surface area (Å²) in [6.07, 6.45) is 0. The van der Waals surface area contributed by atoms with Crippen molar-refractivity contribution in [2.45, 2.75) is 37.3 Å². The van der Waals surface area contributed by atoms with Crippen LogP contribution in [0.2, 0.25) is 0 Å². The predicted molar refractivity (Wildman–Crippen MR) is 50.6 cm³/mol. The van der Waals surface area contributed by atoms with Crippen molar-refractivity contribution < 1.29 is 0 Å². The maximum Gasteiger partial charge on any atom is 0.0316 e. The Morgan fingerprint density at radius 3 is 1.44 bits per heavy atom. The third kappa shape index (κ3) is 3.61. The minimum absolute atomic E-state index is 0.350. The van der Waals surface area contributed by atoms with Gasteiger partial charge in [0.15, 0.2) is 0 Å². The van der Waals surface area contributed by atoms with Gasteiger partial charge in [-0.2, -0.15) is 0 Å². The van der Waals surface area contributed by atoms with Crippen LogP contribution in [0, 0.1) is 5.41 Å². The highest BCUT2D eigenvalue weighted by atomic mass is 79.9. The zero-order chi connectivity index (χ0) is 7.65. The summed E-state index contributed by atoms with van der Waals surface area (Å²) in [6.45, 7) is 8.84. The van der Waals surface area contributed by atoms with Crippen LogP contribution in [0.1, 0.15) is 27.7 Å². The van der Waals surface area contributed by atoms with Gasteiger partial charge in [0.25, 0.3) is 0 Å². The van der Waals surface area contributed by atoms with E-state index in [-0.39, 0.29) is 0 Å². The molecule has 0 unspecified atom stereocenters. The van der Waals surface area contributed by atoms with Gasteiger partial charge in [-0.25, -0.2) is 0 Å². The fourth-order valence-corrected chi connectivity index (χ4v) is 1.48. The minimum atomic E-state index is 0.350. The molecular formula is C7H14Br2. The van der Waals surface area contributed by atoms with Crippen LogP contribution in [0.15, 0.2) is 0 Å². The zero-order valence-electron chi connectivity index (χ0n) is 6.41. The maximum absolute atomic E-state index is 3.62. The molecular weight excluding hydrogens is 244 g/mol. The second-order valence-electron chi connectivity index (χ2n) is 3.45. The number of alkyl halides is 2. The summed E-state index contributed by atoms with van der Waals surface area (Å²) >= 11 is 7.14. The third-order valence-corrected chi connectivity index (χ3v) is 4.64. The van der Waals surface area contributed by atoms with Crippen LogP contribution in [-0.4, -0.2) is 9.65 Å². The minimum Gasteiger partial charge on any atom is -0.0881 e. The van der Waals surface area contributed by atoms with Crippen molar-refractivity contribution in [3.63, 3.8) is 0 Å². The Labute approximate surface area is 74.7 Å². The Balaban J connectivity index is 3.88. The van der Waals surface area contributed by atoms with Crippen LogP contribution in [-0.2, 0) is 0 Å². The van der Waals surface area contributed by atoms with Gasteiger partial charge in [0, 0.05) is 9.65 Å². The molecule has 2 atom stereocenters. The van der Waals surface area contributed by atoms with E-state index in [4.69, 9.17) is 0 Å². The lowest BCUT2D eigenvalue weighted by Crippen LogP contribution is -2.26. The van der Waals surface area contributed by atoms with E-state index in [2.05, 4.69) is 59.6 Å². The molecule has 0 heterocycles. The van der Waals surface area contributed by atoms with Gasteiger partial charge in [-0.1, -0.05) is 59.6 Å². The van der Waals surface area contributed by atoms with Gasteiger partial charge >= 0.3 is 0 Å². The van der Waals surface area contributed by atoms with Gasteiger partial charge in [-0.05, 0) is 5.41 Å². The van der Waals surface area contributed by atoms with E-state index in [1.54, 1.807) is 0 Å². The predicted octanol–water partition coefficient (Wildman–Crippen LogP) is 3.58. The van der Waals surface area contributed by atoms with Crippen molar-refractivity contribution in [2.75, 3.05) is 0 Å². The van der Waals surface area contributed by atoms with Gasteiger partial charge in [-0.15, -0.1) is 0 Å². The van der Waals surface area contributed by atoms with Crippen LogP contribution >= 0.6 is 31.9 Å². The van der Waals surface area contributed by atoms with Gasteiger partial charge in [-0.3, -0.25) is 0 Å². The first-order chi connectivity index (χ1) is 3.85. The summed E-state index contributed by atoms with van der Waals surface area (Å²) in [5.41, 5.74) is 0.350. The molecule has 0 radical (unpaired) electrons. The van der Waals surface area contributed by atoms with E-state index in [1.807, 2.05) is 0 Å². The topological polar surface area (TPSA) is 0 Å². The van der Waals surface area contributed by atoms with Crippen molar-refractivity contribution in [3.8, 4) is 0 Å². The van der Waals surface area contributed by atoms with Crippen molar-refractivity contribution in [1.82, 2.24) is 0 Å². The van der Waals surface area contributed by atoms with Crippen LogP contribution in [0.5, 0.6) is 0 Å². The summed E-state index contributed by atoms with van der Waals surface area (Å²) in [7, 11) is 0. The highest BCUT2D eigenvalue weighted by molar-refractivity contribution is 9.12. The van der Waals surface area contributed by atoms with Crippen molar-refractivity contribution >= 4 is 31.9 Å². The highest BCUT2D eigenvalue weighted by Gasteiger charge is 2.25. The second kappa shape index (κ2) is 3.38. The lowest BCUT2D eigenvalue weighted by Gasteiger charge is -2.27. The molecule has 0 N–H and O–H groups in total. The molecule has 0 rings (SSSR count). The summed E-state index contributed by atoms with van der Waals surface area (Å²) in [5, 5.41) is 0. The SMILES string of the molecule is C[C@@H](Br)[C@H](Br)C(C)(C)C. The average Bonchev–Trinajstić information content (AvgIpc) is 1.62. The molecule has 0 amide bonds. The Morgan fingerprint density at radius 2 is 1.44 bits per heavy atom. The van der Waals surface area contributed by atoms with Crippen LogP contribution in [0.25, 0.3) is 0 Å². The second-order valence-corrected chi connectivity index (χ2v) is 5.88. The number of hydrogen-bond donors (Lipinski definition) is 0. The molecule has 0 aromatic rings. The lowest BCUT2D eigenvalue weighted by atomic mass is 9.91. The Kier molecular flexibility index (Phi) is 3.74. The van der Waals surface area contributed by atoms with Gasteiger partial charge < -0.3 is 0 Å². The molecule has 0 aliphatic carbocycles. The van der Waals surface area contributed by atoms with E-state index in [1.165, 1.54) is 0 Å². The van der Waals surface area contributed by atoms with Gasteiger partial charge in [0.05, 0.1) is 0 Å². The molecule has 0 spiro atoms. The fraction of sp³-hybridized carbons (Fsp3) is 1.00. The smallest absolute Gasteiger partial charge is 0.0316 e. The molecule has 0 aliphatic heterocycles. The summed E-state index contributed by atoms with van der Waals surface area (Å²) < 4.78 is 0. The summed E-state index contributed by atoms with van der Waals surface area (Å²) in [6, 6.07) is 0. The summed E-state index contributed by atoms with van der Waals surface area (Å²) in [4.78, 5) is 1.09. The van der Waals surface area contributed by atoms with E-state index >= 15 is 0 Å². The molecule has 0 fully saturated rings. The van der Waals surface area contributed by atoms with Crippen molar-refractivity contribution in [2.24, 2.45) is 5.41 Å². The maximum atomic E-state index is 3.62. The van der Waals surface area contributed by atoms with E-state index in [0.29, 0.717) is 15.1 Å². The molecule has 0 saturated heterocycles. The molecule has 0 aliphatic rings. The first kappa shape index (κ1) is 9.96. The Bertz CT molecular complexity index is 81.4. The van der Waals surface area contributed by atoms with Crippen molar-refractivity contribution in [3.05, 3.63) is 0 Å². The normalized spacial score (nSPS) is 19.3. The largest absolute Gasteiger partial charge is 0.0881 e. The molecule has 9 heavy (non-hydrogen) atoms. The standard InChI is InChI=1S/C7H14Br2/c1-5(8)6(9)7(2,3)4/h5-6H,1-4H3/t5-,6+/m1/s1. The molecule has 0 saturated carbocycles.